The normalized spacial score (nSPS) is 13.4. The Morgan fingerprint density at radius 2 is 1.76 bits per heavy atom. The zero-order valence-electron chi connectivity index (χ0n) is 10.8. The third kappa shape index (κ3) is 7.15. The van der Waals surface area contributed by atoms with Gasteiger partial charge in [-0.05, 0) is 12.1 Å². The summed E-state index contributed by atoms with van der Waals surface area (Å²) in [5.74, 6) is 0.775. The smallest absolute Gasteiger partial charge is 0.119 e. The molecule has 0 heterocycles. The molecule has 0 amide bonds. The maximum Gasteiger partial charge on any atom is 0.119 e. The standard InChI is InChI=1S/C13H22O3Si/c1-17(2,3)11-15-9-12(14)10-16-13-7-5-4-6-8-13/h4-8,12,14H,9-11H2,1-3H3. The molecule has 0 aliphatic heterocycles. The molecule has 1 rings (SSSR count). The van der Waals surface area contributed by atoms with Gasteiger partial charge in [-0.3, -0.25) is 0 Å². The van der Waals surface area contributed by atoms with Crippen LogP contribution < -0.4 is 4.74 Å². The predicted octanol–water partition coefficient (Wildman–Crippen LogP) is 2.32. The summed E-state index contributed by atoms with van der Waals surface area (Å²) in [6, 6.07) is 9.48. The molecule has 0 saturated heterocycles. The Labute approximate surface area is 104 Å². The molecule has 0 aliphatic rings. The molecule has 0 bridgehead atoms. The van der Waals surface area contributed by atoms with Crippen molar-refractivity contribution >= 4 is 8.07 Å². The molecule has 1 atom stereocenters. The highest BCUT2D eigenvalue weighted by molar-refractivity contribution is 6.76. The number of rotatable bonds is 7. The van der Waals surface area contributed by atoms with Crippen LogP contribution in [-0.2, 0) is 4.74 Å². The fourth-order valence-electron chi connectivity index (χ4n) is 1.26. The summed E-state index contributed by atoms with van der Waals surface area (Å²) in [7, 11) is -1.19. The van der Waals surface area contributed by atoms with E-state index in [-0.39, 0.29) is 6.61 Å². The van der Waals surface area contributed by atoms with Gasteiger partial charge in [0.25, 0.3) is 0 Å². The number of benzene rings is 1. The molecular formula is C13H22O3Si. The van der Waals surface area contributed by atoms with Crippen LogP contribution >= 0.6 is 0 Å². The third-order valence-electron chi connectivity index (χ3n) is 2.03. The minimum atomic E-state index is -1.19. The van der Waals surface area contributed by atoms with Gasteiger partial charge in [0.15, 0.2) is 0 Å². The Hall–Kier alpha value is -0.843. The van der Waals surface area contributed by atoms with Crippen LogP contribution in [-0.4, -0.2) is 38.7 Å². The Kier molecular flexibility index (Phi) is 5.68. The van der Waals surface area contributed by atoms with E-state index < -0.39 is 14.2 Å². The molecule has 0 aliphatic carbocycles. The van der Waals surface area contributed by atoms with Gasteiger partial charge >= 0.3 is 0 Å². The van der Waals surface area contributed by atoms with Crippen molar-refractivity contribution in [2.24, 2.45) is 0 Å². The van der Waals surface area contributed by atoms with Crippen molar-refractivity contribution in [3.63, 3.8) is 0 Å². The van der Waals surface area contributed by atoms with Gasteiger partial charge in [-0.2, -0.15) is 0 Å². The highest BCUT2D eigenvalue weighted by Crippen LogP contribution is 2.08. The Bertz CT molecular complexity index is 308. The largest absolute Gasteiger partial charge is 0.491 e. The maximum absolute atomic E-state index is 9.67. The summed E-state index contributed by atoms with van der Waals surface area (Å²) in [4.78, 5) is 0. The lowest BCUT2D eigenvalue weighted by Crippen LogP contribution is -2.32. The molecule has 4 heteroatoms. The first-order chi connectivity index (χ1) is 7.97. The second-order valence-corrected chi connectivity index (χ2v) is 10.8. The number of para-hydroxylation sites is 1. The summed E-state index contributed by atoms with van der Waals surface area (Å²) in [6.45, 7) is 7.33. The molecule has 0 aromatic heterocycles. The van der Waals surface area contributed by atoms with Crippen LogP contribution in [0.3, 0.4) is 0 Å². The highest BCUT2D eigenvalue weighted by Gasteiger charge is 2.14. The number of aliphatic hydroxyl groups is 1. The van der Waals surface area contributed by atoms with Gasteiger partial charge in [0.1, 0.15) is 18.5 Å². The van der Waals surface area contributed by atoms with Gasteiger partial charge in [-0.1, -0.05) is 37.8 Å². The van der Waals surface area contributed by atoms with E-state index in [2.05, 4.69) is 19.6 Å². The summed E-state index contributed by atoms with van der Waals surface area (Å²) in [6.07, 6.45) is 0.210. The van der Waals surface area contributed by atoms with Crippen molar-refractivity contribution in [3.8, 4) is 5.75 Å². The molecule has 0 radical (unpaired) electrons. The average molecular weight is 254 g/mol. The topological polar surface area (TPSA) is 38.7 Å². The van der Waals surface area contributed by atoms with E-state index in [9.17, 15) is 5.11 Å². The second-order valence-electron chi connectivity index (χ2n) is 5.35. The Morgan fingerprint density at radius 3 is 2.35 bits per heavy atom. The fraction of sp³-hybridized carbons (Fsp3) is 0.538. The second kappa shape index (κ2) is 6.79. The van der Waals surface area contributed by atoms with Crippen LogP contribution in [0.4, 0.5) is 0 Å². The van der Waals surface area contributed by atoms with Gasteiger partial charge in [-0.25, -0.2) is 0 Å². The van der Waals surface area contributed by atoms with Crippen LogP contribution in [0.2, 0.25) is 19.6 Å². The van der Waals surface area contributed by atoms with Crippen molar-refractivity contribution in [2.45, 2.75) is 25.7 Å². The molecule has 1 unspecified atom stereocenters. The number of hydrogen-bond acceptors (Lipinski definition) is 3. The van der Waals surface area contributed by atoms with E-state index >= 15 is 0 Å². The van der Waals surface area contributed by atoms with E-state index in [1.54, 1.807) is 0 Å². The van der Waals surface area contributed by atoms with Gasteiger partial charge in [0, 0.05) is 6.23 Å². The Balaban J connectivity index is 2.15. The minimum absolute atomic E-state index is 0.274. The van der Waals surface area contributed by atoms with E-state index in [4.69, 9.17) is 9.47 Å². The molecular weight excluding hydrogens is 232 g/mol. The van der Waals surface area contributed by atoms with Gasteiger partial charge in [0.05, 0.1) is 14.7 Å². The predicted molar refractivity (Wildman–Crippen MR) is 72.1 cm³/mol. The average Bonchev–Trinajstić information content (AvgIpc) is 2.26. The van der Waals surface area contributed by atoms with Gasteiger partial charge < -0.3 is 14.6 Å². The lowest BCUT2D eigenvalue weighted by molar-refractivity contribution is 0.0248. The van der Waals surface area contributed by atoms with Crippen molar-refractivity contribution in [1.29, 1.82) is 0 Å². The van der Waals surface area contributed by atoms with Crippen molar-refractivity contribution < 1.29 is 14.6 Å². The molecule has 1 aromatic rings. The van der Waals surface area contributed by atoms with Crippen molar-refractivity contribution in [1.82, 2.24) is 0 Å². The number of hydrogen-bond donors (Lipinski definition) is 1. The van der Waals surface area contributed by atoms with Crippen LogP contribution in [0.1, 0.15) is 0 Å². The van der Waals surface area contributed by atoms with Gasteiger partial charge in [0.2, 0.25) is 0 Å². The zero-order valence-corrected chi connectivity index (χ0v) is 11.8. The van der Waals surface area contributed by atoms with Crippen LogP contribution in [0.25, 0.3) is 0 Å². The van der Waals surface area contributed by atoms with Crippen LogP contribution in [0.5, 0.6) is 5.75 Å². The van der Waals surface area contributed by atoms with Crippen LogP contribution in [0, 0.1) is 0 Å². The van der Waals surface area contributed by atoms with E-state index in [1.165, 1.54) is 0 Å². The molecule has 0 fully saturated rings. The lowest BCUT2D eigenvalue weighted by atomic mass is 10.3. The van der Waals surface area contributed by atoms with Gasteiger partial charge in [-0.15, -0.1) is 0 Å². The summed E-state index contributed by atoms with van der Waals surface area (Å²) in [5.41, 5.74) is 0. The van der Waals surface area contributed by atoms with Crippen LogP contribution in [0.15, 0.2) is 30.3 Å². The number of aliphatic hydroxyl groups excluding tert-OH is 1. The summed E-state index contributed by atoms with van der Waals surface area (Å²) < 4.78 is 10.9. The quantitative estimate of drug-likeness (QED) is 0.759. The third-order valence-corrected chi connectivity index (χ3v) is 3.10. The first-order valence-electron chi connectivity index (χ1n) is 5.91. The molecule has 96 valence electrons. The van der Waals surface area contributed by atoms with E-state index in [1.807, 2.05) is 30.3 Å². The first kappa shape index (κ1) is 14.2. The molecule has 17 heavy (non-hydrogen) atoms. The lowest BCUT2D eigenvalue weighted by Gasteiger charge is -2.18. The highest BCUT2D eigenvalue weighted by atomic mass is 28.3. The fourth-order valence-corrected chi connectivity index (χ4v) is 1.99. The molecule has 0 saturated carbocycles. The van der Waals surface area contributed by atoms with Crippen molar-refractivity contribution in [2.75, 3.05) is 19.4 Å². The SMILES string of the molecule is C[Si](C)(C)COCC(O)COc1ccccc1. The number of ether oxygens (including phenoxy) is 2. The molecule has 1 N–H and O–H groups in total. The minimum Gasteiger partial charge on any atom is -0.491 e. The summed E-state index contributed by atoms with van der Waals surface area (Å²) in [5, 5.41) is 9.67. The maximum atomic E-state index is 9.67. The zero-order chi connectivity index (χ0) is 12.7. The molecule has 3 nitrogen and oxygen atoms in total. The van der Waals surface area contributed by atoms with Crippen molar-refractivity contribution in [3.05, 3.63) is 30.3 Å². The summed E-state index contributed by atoms with van der Waals surface area (Å²) >= 11 is 0. The van der Waals surface area contributed by atoms with E-state index in [0.717, 1.165) is 12.0 Å². The molecule has 0 spiro atoms. The first-order valence-corrected chi connectivity index (χ1v) is 9.62. The van der Waals surface area contributed by atoms with E-state index in [0.29, 0.717) is 6.61 Å². The molecule has 1 aromatic carbocycles. The Morgan fingerprint density at radius 1 is 1.12 bits per heavy atom. The monoisotopic (exact) mass is 254 g/mol.